The molecule has 14 heterocycles. The Bertz CT molecular complexity index is 5560. The molecule has 3 aromatic carbocycles. The Kier molecular flexibility index (Phi) is 21.3. The first kappa shape index (κ1) is 74.5. The molecule has 1 saturated carbocycles. The molecule has 0 radical (unpaired) electrons. The number of carbonyl (C=O) groups is 3. The number of halogens is 1. The average molecular weight is 1500 g/mol. The van der Waals surface area contributed by atoms with E-state index in [0.29, 0.717) is 65.3 Å². The van der Waals surface area contributed by atoms with Gasteiger partial charge in [-0.1, -0.05) is 32.3 Å². The zero-order chi connectivity index (χ0) is 77.4. The number of anilines is 8. The number of hydrogen-bond donors (Lipinski definition) is 6. The molecular formula is C88H99FN20O3. The number of hydrogen-bond acceptors (Lipinski definition) is 17. The summed E-state index contributed by atoms with van der Waals surface area (Å²) in [7, 11) is 16.6. The summed E-state index contributed by atoms with van der Waals surface area (Å²) in [5, 5.41) is 21.5. The quantitative estimate of drug-likeness (QED) is 0.0469. The molecule has 0 atom stereocenters. The largest absolute Gasteiger partial charge is 0.371 e. The minimum Gasteiger partial charge on any atom is -0.371 e. The summed E-state index contributed by atoms with van der Waals surface area (Å²) in [5.41, 5.74) is 23.2. The van der Waals surface area contributed by atoms with Gasteiger partial charge in [-0.25, -0.2) is 34.3 Å². The number of imidazole rings is 1. The third-order valence-corrected chi connectivity index (χ3v) is 22.8. The number of rotatable bonds is 18. The van der Waals surface area contributed by atoms with Crippen LogP contribution in [0.25, 0.3) is 61.2 Å². The molecule has 6 N–H and O–H groups in total. The monoisotopic (exact) mass is 1500 g/mol. The normalized spacial score (nSPS) is 15.7. The predicted octanol–water partition coefficient (Wildman–Crippen LogP) is 15.2. The molecule has 0 bridgehead atoms. The van der Waals surface area contributed by atoms with Crippen molar-refractivity contribution >= 4 is 91.3 Å². The molecule has 1 aliphatic carbocycles. The van der Waals surface area contributed by atoms with Gasteiger partial charge in [0.25, 0.3) is 17.7 Å². The van der Waals surface area contributed by atoms with Crippen LogP contribution in [0.5, 0.6) is 0 Å². The minimum atomic E-state index is -0.340. The maximum Gasteiger partial charge on any atom is 0.255 e. The Balaban J connectivity index is 0.000000127. The van der Waals surface area contributed by atoms with Crippen molar-refractivity contribution < 1.29 is 18.8 Å². The number of benzene rings is 3. The van der Waals surface area contributed by atoms with E-state index in [4.69, 9.17) is 9.97 Å². The van der Waals surface area contributed by atoms with Gasteiger partial charge in [0.15, 0.2) is 0 Å². The van der Waals surface area contributed by atoms with Crippen LogP contribution in [-0.2, 0) is 53.4 Å². The average Bonchev–Trinajstić information content (AvgIpc) is 1.59. The fraction of sp³-hybridized carbons (Fsp3) is 0.352. The van der Waals surface area contributed by atoms with Gasteiger partial charge in [0.05, 0.1) is 28.6 Å². The van der Waals surface area contributed by atoms with Crippen LogP contribution in [0, 0.1) is 11.7 Å². The number of aromatic nitrogens is 9. The number of carbonyl (C=O) groups excluding carboxylic acids is 3. The standard InChI is InChI=1S/C30H35N7O.C29H31FN6O.C29H33N7O/c1-19-8-13-37(14-9-19)26-6-5-21(15-20(26)18-35(2)3)34-28-27-25(17-33-30(27)38)24(16-32-28)22-7-11-31-29-23(22)10-12-36(29)4;1-35(2)17-19-12-21(8-9-22(19)18-6-4-3-5-7-18)34-28-27-24(15-33-29(27)37)23(14-32-28)25-16-31-26-13-20(30)10-11-36(25)26;1-34(2)18-19-15-20(7-8-25(19)36-12-5-4-6-13-36)33-27-26-24(17-32-29(26)37)23(16-31-27)21-9-11-30-28-22(21)10-14-35(28)3/h5-7,10-12,15-16,19H,8-9,13-14,17-18H2,1-4H3,(H,32,34)(H,33,38);8-14,16,18H,3-7,15,17H2,1-2H3,(H,32,34)(H,33,37);7-11,14-16H,4-6,12-13,17-18H2,1-3H3,(H,31,33)(H,32,37). The van der Waals surface area contributed by atoms with Crippen molar-refractivity contribution in [2.45, 2.75) is 116 Å². The number of piperidine rings is 2. The van der Waals surface area contributed by atoms with Crippen LogP contribution in [0.2, 0.25) is 0 Å². The molecule has 0 unspecified atom stereocenters. The molecule has 9 aromatic heterocycles. The molecule has 12 aromatic rings. The van der Waals surface area contributed by atoms with Gasteiger partial charge in [0, 0.05) is 191 Å². The van der Waals surface area contributed by atoms with Crippen molar-refractivity contribution in [1.82, 2.24) is 74.1 Å². The molecule has 6 aliphatic rings. The third kappa shape index (κ3) is 15.3. The third-order valence-electron chi connectivity index (χ3n) is 22.8. The predicted molar refractivity (Wildman–Crippen MR) is 444 cm³/mol. The van der Waals surface area contributed by atoms with Gasteiger partial charge in [-0.2, -0.15) is 0 Å². The van der Waals surface area contributed by atoms with E-state index >= 15 is 0 Å². The van der Waals surface area contributed by atoms with E-state index in [2.05, 4.69) is 192 Å². The van der Waals surface area contributed by atoms with Gasteiger partial charge in [-0.05, 0) is 228 Å². The highest BCUT2D eigenvalue weighted by atomic mass is 19.1. The number of nitrogens with one attached hydrogen (secondary N) is 6. The molecule has 112 heavy (non-hydrogen) atoms. The molecule has 3 fully saturated rings. The van der Waals surface area contributed by atoms with E-state index in [-0.39, 0.29) is 23.5 Å². The Labute approximate surface area is 653 Å². The van der Waals surface area contributed by atoms with Crippen LogP contribution >= 0.6 is 0 Å². The van der Waals surface area contributed by atoms with Gasteiger partial charge < -0.3 is 65.5 Å². The van der Waals surface area contributed by atoms with Crippen molar-refractivity contribution in [2.75, 3.05) is 94.2 Å². The van der Waals surface area contributed by atoms with Crippen molar-refractivity contribution in [3.8, 4) is 33.5 Å². The highest BCUT2D eigenvalue weighted by Gasteiger charge is 2.33. The summed E-state index contributed by atoms with van der Waals surface area (Å²) >= 11 is 0. The lowest BCUT2D eigenvalue weighted by molar-refractivity contribution is 0.0958. The van der Waals surface area contributed by atoms with Crippen LogP contribution in [0.3, 0.4) is 0 Å². The highest BCUT2D eigenvalue weighted by molar-refractivity contribution is 6.08. The van der Waals surface area contributed by atoms with Crippen LogP contribution in [-0.4, -0.2) is 144 Å². The molecule has 0 spiro atoms. The Hall–Kier alpha value is -11.6. The van der Waals surface area contributed by atoms with Crippen LogP contribution in [0.1, 0.15) is 147 Å². The number of aryl methyl sites for hydroxylation is 2. The molecular weight excluding hydrogens is 1400 g/mol. The molecule has 18 rings (SSSR count). The van der Waals surface area contributed by atoms with Crippen molar-refractivity contribution in [1.29, 1.82) is 0 Å². The SMILES string of the molecule is CC1CCN(c2ccc(Nc3ncc(-c4ccnc5c4ccn5C)c4c3C(=O)NC4)cc2CN(C)C)CC1.CN(C)Cc1cc(Nc2ncc(-c3ccnc4c3ccn4C)c3c2C(=O)NC3)ccc1N1CCCCC1.CN(C)Cc1cc(Nc2ncc(-c3cnc4cc(F)ccn34)c3c2C(=O)NC3)ccc1C1CCCCC1. The molecule has 2 saturated heterocycles. The first-order chi connectivity index (χ1) is 54.4. The Morgan fingerprint density at radius 3 is 1.40 bits per heavy atom. The molecule has 5 aliphatic heterocycles. The second-order valence-corrected chi connectivity index (χ2v) is 31.7. The van der Waals surface area contributed by atoms with Crippen LogP contribution in [0.4, 0.5) is 50.3 Å². The smallest absolute Gasteiger partial charge is 0.255 e. The van der Waals surface area contributed by atoms with E-state index < -0.39 is 0 Å². The second kappa shape index (κ2) is 32.0. The molecule has 24 heteroatoms. The summed E-state index contributed by atoms with van der Waals surface area (Å²) in [6, 6.07) is 30.5. The van der Waals surface area contributed by atoms with E-state index in [9.17, 15) is 18.8 Å². The Morgan fingerprint density at radius 2 is 0.902 bits per heavy atom. The van der Waals surface area contributed by atoms with Crippen molar-refractivity contribution in [3.63, 3.8) is 0 Å². The van der Waals surface area contributed by atoms with Crippen LogP contribution in [0.15, 0.2) is 147 Å². The van der Waals surface area contributed by atoms with Gasteiger partial charge in [-0.15, -0.1) is 0 Å². The number of pyridine rings is 6. The summed E-state index contributed by atoms with van der Waals surface area (Å²) in [4.78, 5) is 78.1. The lowest BCUT2D eigenvalue weighted by Crippen LogP contribution is -2.33. The fourth-order valence-electron chi connectivity index (χ4n) is 17.3. The number of amides is 3. The second-order valence-electron chi connectivity index (χ2n) is 31.7. The zero-order valence-electron chi connectivity index (χ0n) is 65.5. The van der Waals surface area contributed by atoms with Gasteiger partial charge in [0.1, 0.15) is 40.2 Å². The first-order valence-electron chi connectivity index (χ1n) is 39.3. The van der Waals surface area contributed by atoms with E-state index in [1.54, 1.807) is 18.6 Å². The van der Waals surface area contributed by atoms with Crippen LogP contribution < -0.4 is 41.7 Å². The maximum atomic E-state index is 13.7. The van der Waals surface area contributed by atoms with Gasteiger partial charge in [-0.3, -0.25) is 18.8 Å². The topological polar surface area (TPSA) is 231 Å². The number of fused-ring (bicyclic) bond motifs is 6. The molecule has 576 valence electrons. The molecule has 23 nitrogen and oxygen atoms in total. The summed E-state index contributed by atoms with van der Waals surface area (Å²) in [5.74, 6) is 2.44. The maximum absolute atomic E-state index is 13.7. The summed E-state index contributed by atoms with van der Waals surface area (Å²) in [6.07, 6.45) is 29.2. The fourth-order valence-corrected chi connectivity index (χ4v) is 17.3. The van der Waals surface area contributed by atoms with E-state index in [1.807, 2.05) is 76.9 Å². The Morgan fingerprint density at radius 1 is 0.455 bits per heavy atom. The summed E-state index contributed by atoms with van der Waals surface area (Å²) in [6.45, 7) is 10.7. The summed E-state index contributed by atoms with van der Waals surface area (Å²) < 4.78 is 19.5. The molecule has 3 amide bonds. The van der Waals surface area contributed by atoms with Crippen molar-refractivity contribution in [2.24, 2.45) is 20.0 Å². The van der Waals surface area contributed by atoms with E-state index in [0.717, 1.165) is 141 Å². The van der Waals surface area contributed by atoms with Crippen molar-refractivity contribution in [3.05, 3.63) is 208 Å². The van der Waals surface area contributed by atoms with Gasteiger partial charge in [0.2, 0.25) is 0 Å². The number of nitrogens with zero attached hydrogens (tertiary/aromatic N) is 14. The lowest BCUT2D eigenvalue weighted by atomic mass is 9.82. The minimum absolute atomic E-state index is 0.0938. The lowest BCUT2D eigenvalue weighted by Gasteiger charge is -2.34. The highest BCUT2D eigenvalue weighted by Crippen LogP contribution is 2.43. The zero-order valence-corrected chi connectivity index (χ0v) is 65.5. The van der Waals surface area contributed by atoms with Gasteiger partial charge >= 0.3 is 0 Å². The first-order valence-corrected chi connectivity index (χ1v) is 39.3. The van der Waals surface area contributed by atoms with E-state index in [1.165, 1.54) is 110 Å².